The number of hydrogen-bond acceptors (Lipinski definition) is 3. The number of nitrogens with zero attached hydrogens (tertiary/aromatic N) is 1. The van der Waals surface area contributed by atoms with E-state index in [2.05, 4.69) is 28.2 Å². The Kier molecular flexibility index (Phi) is 6.15. The van der Waals surface area contributed by atoms with Crippen LogP contribution in [0.15, 0.2) is 22.7 Å². The Balaban J connectivity index is 2.64. The van der Waals surface area contributed by atoms with Crippen LogP contribution in [0.2, 0.25) is 0 Å². The van der Waals surface area contributed by atoms with Crippen LogP contribution in [0.5, 0.6) is 5.75 Å². The fourth-order valence-electron chi connectivity index (χ4n) is 1.31. The molecule has 0 radical (unpaired) electrons. The summed E-state index contributed by atoms with van der Waals surface area (Å²) in [6.07, 6.45) is 0. The minimum absolute atomic E-state index is 0.0499. The van der Waals surface area contributed by atoms with Gasteiger partial charge < -0.3 is 15.0 Å². The number of rotatable bonds is 6. The van der Waals surface area contributed by atoms with E-state index < -0.39 is 0 Å². The van der Waals surface area contributed by atoms with Gasteiger partial charge in [-0.3, -0.25) is 4.79 Å². The van der Waals surface area contributed by atoms with E-state index in [1.54, 1.807) is 14.1 Å². The monoisotopic (exact) mass is 314 g/mol. The van der Waals surface area contributed by atoms with Crippen LogP contribution in [-0.4, -0.2) is 38.1 Å². The van der Waals surface area contributed by atoms with Crippen LogP contribution in [0.3, 0.4) is 0 Å². The summed E-state index contributed by atoms with van der Waals surface area (Å²) in [7, 11) is 3.42. The lowest BCUT2D eigenvalue weighted by molar-refractivity contribution is -0.130. The third kappa shape index (κ3) is 4.66. The molecule has 0 fully saturated rings. The number of benzene rings is 1. The minimum atomic E-state index is -0.0499. The second kappa shape index (κ2) is 7.38. The van der Waals surface area contributed by atoms with Crippen molar-refractivity contribution in [3.8, 4) is 5.75 Å². The maximum Gasteiger partial charge on any atom is 0.259 e. The Morgan fingerprint density at radius 1 is 1.44 bits per heavy atom. The van der Waals surface area contributed by atoms with Gasteiger partial charge in [0, 0.05) is 25.1 Å². The first-order valence-electron chi connectivity index (χ1n) is 5.86. The van der Waals surface area contributed by atoms with E-state index in [1.165, 1.54) is 4.90 Å². The van der Waals surface area contributed by atoms with Crippen molar-refractivity contribution in [2.45, 2.75) is 13.5 Å². The molecular weight excluding hydrogens is 296 g/mol. The smallest absolute Gasteiger partial charge is 0.259 e. The van der Waals surface area contributed by atoms with E-state index in [9.17, 15) is 4.79 Å². The van der Waals surface area contributed by atoms with E-state index in [4.69, 9.17) is 4.74 Å². The lowest BCUT2D eigenvalue weighted by Gasteiger charge is -2.12. The summed E-state index contributed by atoms with van der Waals surface area (Å²) in [6.45, 7) is 3.81. The zero-order chi connectivity index (χ0) is 13.5. The molecule has 1 aromatic rings. The van der Waals surface area contributed by atoms with Crippen molar-refractivity contribution in [2.75, 3.05) is 27.2 Å². The lowest BCUT2D eigenvalue weighted by atomic mass is 10.2. The molecule has 0 bridgehead atoms. The molecule has 0 aliphatic carbocycles. The highest BCUT2D eigenvalue weighted by molar-refractivity contribution is 9.10. The predicted octanol–water partition coefficient (Wildman–Crippen LogP) is 2.03. The van der Waals surface area contributed by atoms with Gasteiger partial charge in [-0.1, -0.05) is 22.9 Å². The van der Waals surface area contributed by atoms with Gasteiger partial charge in [-0.15, -0.1) is 0 Å². The number of amides is 1. The topological polar surface area (TPSA) is 41.6 Å². The van der Waals surface area contributed by atoms with Crippen LogP contribution < -0.4 is 10.1 Å². The van der Waals surface area contributed by atoms with E-state index in [1.807, 2.05) is 18.2 Å². The van der Waals surface area contributed by atoms with Crippen molar-refractivity contribution in [3.63, 3.8) is 0 Å². The molecule has 0 unspecified atom stereocenters. The van der Waals surface area contributed by atoms with E-state index in [0.717, 1.165) is 23.1 Å². The number of halogens is 1. The van der Waals surface area contributed by atoms with Gasteiger partial charge in [0.15, 0.2) is 6.61 Å². The summed E-state index contributed by atoms with van der Waals surface area (Å²) in [6, 6.07) is 5.72. The summed E-state index contributed by atoms with van der Waals surface area (Å²) >= 11 is 3.49. The van der Waals surface area contributed by atoms with Crippen molar-refractivity contribution in [1.82, 2.24) is 10.2 Å². The largest absolute Gasteiger partial charge is 0.484 e. The standard InChI is InChI=1S/C13H19BrN2O2/c1-4-15-8-10-7-11(5-6-12(10)14)18-9-13(17)16(2)3/h5-7,15H,4,8-9H2,1-3H3. The number of carbonyl (C=O) groups is 1. The maximum absolute atomic E-state index is 11.4. The Labute approximate surface area is 116 Å². The third-order valence-electron chi connectivity index (χ3n) is 2.44. The lowest BCUT2D eigenvalue weighted by Crippen LogP contribution is -2.27. The van der Waals surface area contributed by atoms with Gasteiger partial charge in [0.05, 0.1) is 0 Å². The van der Waals surface area contributed by atoms with Crippen molar-refractivity contribution in [1.29, 1.82) is 0 Å². The van der Waals surface area contributed by atoms with Crippen molar-refractivity contribution >= 4 is 21.8 Å². The molecule has 18 heavy (non-hydrogen) atoms. The molecule has 1 aromatic carbocycles. The molecule has 4 nitrogen and oxygen atoms in total. The Hall–Kier alpha value is -1.07. The zero-order valence-electron chi connectivity index (χ0n) is 11.0. The van der Waals surface area contributed by atoms with Crippen LogP contribution in [-0.2, 0) is 11.3 Å². The molecule has 100 valence electrons. The Bertz CT molecular complexity index is 408. The fraction of sp³-hybridized carbons (Fsp3) is 0.462. The van der Waals surface area contributed by atoms with Gasteiger partial charge in [0.1, 0.15) is 5.75 Å². The molecule has 0 heterocycles. The van der Waals surface area contributed by atoms with Crippen LogP contribution in [0, 0.1) is 0 Å². The van der Waals surface area contributed by atoms with Gasteiger partial charge >= 0.3 is 0 Å². The van der Waals surface area contributed by atoms with Crippen LogP contribution in [0.1, 0.15) is 12.5 Å². The highest BCUT2D eigenvalue weighted by Gasteiger charge is 2.06. The average Bonchev–Trinajstić information content (AvgIpc) is 2.35. The molecule has 0 atom stereocenters. The van der Waals surface area contributed by atoms with Crippen LogP contribution in [0.4, 0.5) is 0 Å². The number of hydrogen-bond donors (Lipinski definition) is 1. The molecule has 1 rings (SSSR count). The van der Waals surface area contributed by atoms with E-state index >= 15 is 0 Å². The number of likely N-dealkylation sites (N-methyl/N-ethyl adjacent to an activating group) is 1. The average molecular weight is 315 g/mol. The maximum atomic E-state index is 11.4. The molecule has 0 saturated heterocycles. The number of ether oxygens (including phenoxy) is 1. The van der Waals surface area contributed by atoms with E-state index in [-0.39, 0.29) is 12.5 Å². The van der Waals surface area contributed by atoms with Gasteiger partial charge in [-0.25, -0.2) is 0 Å². The van der Waals surface area contributed by atoms with Gasteiger partial charge in [-0.05, 0) is 30.3 Å². The van der Waals surface area contributed by atoms with Gasteiger partial charge in [0.25, 0.3) is 5.91 Å². The fourth-order valence-corrected chi connectivity index (χ4v) is 1.70. The van der Waals surface area contributed by atoms with Gasteiger partial charge in [0.2, 0.25) is 0 Å². The quantitative estimate of drug-likeness (QED) is 0.873. The molecule has 0 spiro atoms. The predicted molar refractivity (Wildman–Crippen MR) is 75.7 cm³/mol. The van der Waals surface area contributed by atoms with Crippen molar-refractivity contribution in [2.24, 2.45) is 0 Å². The molecule has 0 saturated carbocycles. The third-order valence-corrected chi connectivity index (χ3v) is 3.22. The molecule has 0 aromatic heterocycles. The molecule has 1 amide bonds. The Morgan fingerprint density at radius 3 is 2.78 bits per heavy atom. The van der Waals surface area contributed by atoms with Crippen LogP contribution in [0.25, 0.3) is 0 Å². The molecule has 0 aliphatic heterocycles. The zero-order valence-corrected chi connectivity index (χ0v) is 12.6. The minimum Gasteiger partial charge on any atom is -0.484 e. The normalized spacial score (nSPS) is 10.2. The highest BCUT2D eigenvalue weighted by atomic mass is 79.9. The summed E-state index contributed by atoms with van der Waals surface area (Å²) in [4.78, 5) is 12.9. The summed E-state index contributed by atoms with van der Waals surface area (Å²) in [5.74, 6) is 0.660. The second-order valence-electron chi connectivity index (χ2n) is 4.11. The van der Waals surface area contributed by atoms with Gasteiger partial charge in [-0.2, -0.15) is 0 Å². The first-order chi connectivity index (χ1) is 8.54. The summed E-state index contributed by atoms with van der Waals surface area (Å²) in [5.41, 5.74) is 1.12. The Morgan fingerprint density at radius 2 is 2.17 bits per heavy atom. The first-order valence-corrected chi connectivity index (χ1v) is 6.66. The van der Waals surface area contributed by atoms with Crippen LogP contribution >= 0.6 is 15.9 Å². The number of nitrogens with one attached hydrogen (secondary N) is 1. The SMILES string of the molecule is CCNCc1cc(OCC(=O)N(C)C)ccc1Br. The van der Waals surface area contributed by atoms with E-state index in [0.29, 0.717) is 5.75 Å². The number of carbonyl (C=O) groups excluding carboxylic acids is 1. The van der Waals surface area contributed by atoms with Crippen molar-refractivity contribution < 1.29 is 9.53 Å². The molecule has 1 N–H and O–H groups in total. The first kappa shape index (κ1) is 15.0. The molecule has 5 heteroatoms. The molecular formula is C13H19BrN2O2. The second-order valence-corrected chi connectivity index (χ2v) is 4.96. The summed E-state index contributed by atoms with van der Waals surface area (Å²) in [5, 5.41) is 3.25. The highest BCUT2D eigenvalue weighted by Crippen LogP contribution is 2.22. The summed E-state index contributed by atoms with van der Waals surface area (Å²) < 4.78 is 6.50. The molecule has 0 aliphatic rings. The van der Waals surface area contributed by atoms with Crippen molar-refractivity contribution in [3.05, 3.63) is 28.2 Å².